The highest BCUT2D eigenvalue weighted by Crippen LogP contribution is 2.52. The van der Waals surface area contributed by atoms with E-state index in [0.29, 0.717) is 11.9 Å². The van der Waals surface area contributed by atoms with E-state index < -0.39 is 0 Å². The molecule has 3 aliphatic rings. The zero-order valence-electron chi connectivity index (χ0n) is 12.7. The molecule has 0 N–H and O–H groups in total. The third-order valence-corrected chi connectivity index (χ3v) is 6.20. The molecular weight excluding hydrogens is 236 g/mol. The normalized spacial score (nSPS) is 43.1. The first-order chi connectivity index (χ1) is 9.06. The number of carbonyl (C=O) groups excluding carboxylic acids is 1. The molecule has 1 amide bonds. The fraction of sp³-hybridized carbons (Fsp3) is 0.938. The van der Waals surface area contributed by atoms with Crippen LogP contribution in [0, 0.1) is 11.8 Å². The van der Waals surface area contributed by atoms with E-state index in [0.717, 1.165) is 31.2 Å². The second-order valence-electron chi connectivity index (χ2n) is 7.18. The van der Waals surface area contributed by atoms with Gasteiger partial charge in [0.1, 0.15) is 0 Å². The topological polar surface area (TPSA) is 23.6 Å². The molecule has 0 aromatic carbocycles. The van der Waals surface area contributed by atoms with Crippen LogP contribution in [0.25, 0.3) is 0 Å². The van der Waals surface area contributed by atoms with Crippen LogP contribution in [-0.4, -0.2) is 47.9 Å². The molecule has 1 spiro atoms. The van der Waals surface area contributed by atoms with E-state index in [2.05, 4.69) is 30.8 Å². The number of amides is 1. The van der Waals surface area contributed by atoms with Crippen LogP contribution >= 0.6 is 0 Å². The lowest BCUT2D eigenvalue weighted by Crippen LogP contribution is -2.59. The van der Waals surface area contributed by atoms with Crippen molar-refractivity contribution in [1.82, 2.24) is 9.80 Å². The highest BCUT2D eigenvalue weighted by Gasteiger charge is 2.55. The van der Waals surface area contributed by atoms with Crippen LogP contribution in [0.3, 0.4) is 0 Å². The fourth-order valence-electron chi connectivity index (χ4n) is 5.39. The monoisotopic (exact) mass is 264 g/mol. The Kier molecular flexibility index (Phi) is 3.36. The summed E-state index contributed by atoms with van der Waals surface area (Å²) in [5, 5.41) is 0. The van der Waals surface area contributed by atoms with Gasteiger partial charge in [-0.05, 0) is 64.5 Å². The van der Waals surface area contributed by atoms with Crippen molar-refractivity contribution in [2.75, 3.05) is 20.6 Å². The SMILES string of the molecule is C[C@H]1[C@H](N(C)C)CC[C@@]23CCCN2C(=O)CCC[C@@H]13. The molecule has 3 heteroatoms. The van der Waals surface area contributed by atoms with E-state index in [9.17, 15) is 4.79 Å². The van der Waals surface area contributed by atoms with Gasteiger partial charge in [-0.25, -0.2) is 0 Å². The first kappa shape index (κ1) is 13.4. The van der Waals surface area contributed by atoms with Crippen LogP contribution in [-0.2, 0) is 4.79 Å². The van der Waals surface area contributed by atoms with Crippen molar-refractivity contribution in [3.05, 3.63) is 0 Å². The van der Waals surface area contributed by atoms with E-state index in [-0.39, 0.29) is 5.54 Å². The Morgan fingerprint density at radius 3 is 2.74 bits per heavy atom. The Morgan fingerprint density at radius 1 is 1.21 bits per heavy atom. The van der Waals surface area contributed by atoms with E-state index in [1.54, 1.807) is 0 Å². The highest BCUT2D eigenvalue weighted by molar-refractivity contribution is 5.78. The van der Waals surface area contributed by atoms with E-state index >= 15 is 0 Å². The molecule has 3 nitrogen and oxygen atoms in total. The van der Waals surface area contributed by atoms with Gasteiger partial charge in [0.05, 0.1) is 0 Å². The average molecular weight is 264 g/mol. The molecule has 19 heavy (non-hydrogen) atoms. The lowest BCUT2D eigenvalue weighted by atomic mass is 9.63. The van der Waals surface area contributed by atoms with Gasteiger partial charge in [0, 0.05) is 24.5 Å². The second-order valence-corrected chi connectivity index (χ2v) is 7.18. The maximum Gasteiger partial charge on any atom is 0.223 e. The summed E-state index contributed by atoms with van der Waals surface area (Å²) in [6, 6.07) is 0.700. The van der Waals surface area contributed by atoms with Gasteiger partial charge < -0.3 is 9.80 Å². The van der Waals surface area contributed by atoms with Crippen molar-refractivity contribution < 1.29 is 4.79 Å². The standard InChI is InChI=1S/C16H28N2O/c1-12-13-6-4-7-15(19)18-11-5-9-16(13,18)10-8-14(12)17(2)3/h12-14H,4-11H2,1-3H3/t12-,13+,14-,16-/m1/s1. The molecule has 108 valence electrons. The highest BCUT2D eigenvalue weighted by atomic mass is 16.2. The van der Waals surface area contributed by atoms with E-state index in [1.807, 2.05) is 0 Å². The molecule has 2 heterocycles. The lowest BCUT2D eigenvalue weighted by molar-refractivity contribution is -0.139. The van der Waals surface area contributed by atoms with Gasteiger partial charge in [-0.1, -0.05) is 6.92 Å². The molecule has 0 unspecified atom stereocenters. The molecule has 1 aliphatic carbocycles. The summed E-state index contributed by atoms with van der Waals surface area (Å²) in [7, 11) is 4.43. The molecule has 3 rings (SSSR count). The zero-order valence-corrected chi connectivity index (χ0v) is 12.7. The average Bonchev–Trinajstić information content (AvgIpc) is 2.71. The van der Waals surface area contributed by atoms with Crippen LogP contribution in [0.1, 0.15) is 51.9 Å². The van der Waals surface area contributed by atoms with Crippen molar-refractivity contribution in [2.45, 2.75) is 63.5 Å². The van der Waals surface area contributed by atoms with Gasteiger partial charge in [-0.15, -0.1) is 0 Å². The quantitative estimate of drug-likeness (QED) is 0.726. The molecule has 0 bridgehead atoms. The van der Waals surface area contributed by atoms with Crippen molar-refractivity contribution in [2.24, 2.45) is 11.8 Å². The predicted molar refractivity (Wildman–Crippen MR) is 76.9 cm³/mol. The summed E-state index contributed by atoms with van der Waals surface area (Å²) in [5.74, 6) is 1.88. The molecule has 2 saturated heterocycles. The fourth-order valence-corrected chi connectivity index (χ4v) is 5.39. The Morgan fingerprint density at radius 2 is 2.00 bits per heavy atom. The molecule has 0 aromatic rings. The summed E-state index contributed by atoms with van der Waals surface area (Å²) in [5.41, 5.74) is 0.236. The maximum absolute atomic E-state index is 12.4. The van der Waals surface area contributed by atoms with Crippen molar-refractivity contribution in [1.29, 1.82) is 0 Å². The number of nitrogens with zero attached hydrogens (tertiary/aromatic N) is 2. The first-order valence-corrected chi connectivity index (χ1v) is 8.03. The Labute approximate surface area is 117 Å². The Hall–Kier alpha value is -0.570. The Bertz CT molecular complexity index is 368. The van der Waals surface area contributed by atoms with Crippen molar-refractivity contribution >= 4 is 5.91 Å². The van der Waals surface area contributed by atoms with Gasteiger partial charge in [0.15, 0.2) is 0 Å². The third kappa shape index (κ3) is 1.93. The van der Waals surface area contributed by atoms with Crippen LogP contribution in [0.4, 0.5) is 0 Å². The van der Waals surface area contributed by atoms with E-state index in [4.69, 9.17) is 0 Å². The van der Waals surface area contributed by atoms with E-state index in [1.165, 1.54) is 32.1 Å². The van der Waals surface area contributed by atoms with Crippen LogP contribution in [0.15, 0.2) is 0 Å². The molecular formula is C16H28N2O. The second kappa shape index (κ2) is 4.76. The summed E-state index contributed by atoms with van der Waals surface area (Å²) in [6.07, 6.45) is 8.12. The predicted octanol–water partition coefficient (Wildman–Crippen LogP) is 2.51. The molecule has 4 atom stereocenters. The third-order valence-electron chi connectivity index (χ3n) is 6.20. The first-order valence-electron chi connectivity index (χ1n) is 8.03. The van der Waals surface area contributed by atoms with Gasteiger partial charge in [0.25, 0.3) is 0 Å². The lowest BCUT2D eigenvalue weighted by Gasteiger charge is -2.53. The minimum absolute atomic E-state index is 0.236. The van der Waals surface area contributed by atoms with Gasteiger partial charge in [-0.2, -0.15) is 0 Å². The van der Waals surface area contributed by atoms with Gasteiger partial charge >= 0.3 is 0 Å². The molecule has 2 aliphatic heterocycles. The van der Waals surface area contributed by atoms with Crippen molar-refractivity contribution in [3.63, 3.8) is 0 Å². The maximum atomic E-state index is 12.4. The number of rotatable bonds is 1. The minimum Gasteiger partial charge on any atom is -0.337 e. The van der Waals surface area contributed by atoms with Crippen molar-refractivity contribution in [3.8, 4) is 0 Å². The summed E-state index contributed by atoms with van der Waals surface area (Å²) in [4.78, 5) is 17.1. The van der Waals surface area contributed by atoms with Gasteiger partial charge in [0.2, 0.25) is 5.91 Å². The molecule has 0 radical (unpaired) electrons. The molecule has 3 fully saturated rings. The Balaban J connectivity index is 1.93. The summed E-state index contributed by atoms with van der Waals surface area (Å²) < 4.78 is 0. The zero-order chi connectivity index (χ0) is 13.6. The van der Waals surface area contributed by atoms with Gasteiger partial charge in [-0.3, -0.25) is 4.79 Å². The summed E-state index contributed by atoms with van der Waals surface area (Å²) >= 11 is 0. The van der Waals surface area contributed by atoms with Crippen LogP contribution < -0.4 is 0 Å². The molecule has 0 aromatic heterocycles. The number of hydrogen-bond donors (Lipinski definition) is 0. The smallest absolute Gasteiger partial charge is 0.223 e. The number of hydrogen-bond acceptors (Lipinski definition) is 2. The molecule has 1 saturated carbocycles. The minimum atomic E-state index is 0.236. The van der Waals surface area contributed by atoms with Crippen LogP contribution in [0.5, 0.6) is 0 Å². The number of carbonyl (C=O) groups is 1. The van der Waals surface area contributed by atoms with Crippen LogP contribution in [0.2, 0.25) is 0 Å². The summed E-state index contributed by atoms with van der Waals surface area (Å²) in [6.45, 7) is 3.46. The largest absolute Gasteiger partial charge is 0.337 e.